The van der Waals surface area contributed by atoms with E-state index in [-0.39, 0.29) is 12.5 Å². The fourth-order valence-electron chi connectivity index (χ4n) is 1.74. The molecular weight excluding hydrogens is 230 g/mol. The Morgan fingerprint density at radius 3 is 2.72 bits per heavy atom. The average Bonchev–Trinajstić information content (AvgIpc) is 2.83. The minimum atomic E-state index is -0.409. The van der Waals surface area contributed by atoms with Gasteiger partial charge in [0.05, 0.1) is 24.4 Å². The van der Waals surface area contributed by atoms with Gasteiger partial charge >= 0.3 is 0 Å². The fourth-order valence-corrected chi connectivity index (χ4v) is 1.74. The highest BCUT2D eigenvalue weighted by atomic mass is 16.3. The standard InChI is InChI=1S/C13H15N3O2/c1-9-11(7-14-16-9)13(18)15-12(8-17)10-5-3-2-4-6-10/h2-7,12,17H,8H2,1H3,(H,14,16)(H,15,18)/t12-/m0/s1. The Morgan fingerprint density at radius 2 is 2.17 bits per heavy atom. The zero-order valence-electron chi connectivity index (χ0n) is 10.1. The van der Waals surface area contributed by atoms with Crippen LogP contribution in [0.5, 0.6) is 0 Å². The van der Waals surface area contributed by atoms with Crippen LogP contribution >= 0.6 is 0 Å². The van der Waals surface area contributed by atoms with Gasteiger partial charge in [-0.15, -0.1) is 0 Å². The number of rotatable bonds is 4. The molecule has 2 aromatic rings. The molecule has 1 aromatic heterocycles. The number of carbonyl (C=O) groups excluding carboxylic acids is 1. The van der Waals surface area contributed by atoms with E-state index in [1.807, 2.05) is 30.3 Å². The molecule has 0 fully saturated rings. The third-order valence-corrected chi connectivity index (χ3v) is 2.76. The molecule has 0 spiro atoms. The van der Waals surface area contributed by atoms with E-state index in [2.05, 4.69) is 15.5 Å². The summed E-state index contributed by atoms with van der Waals surface area (Å²) >= 11 is 0. The lowest BCUT2D eigenvalue weighted by Crippen LogP contribution is -2.30. The number of benzene rings is 1. The number of amides is 1. The van der Waals surface area contributed by atoms with E-state index >= 15 is 0 Å². The molecule has 94 valence electrons. The van der Waals surface area contributed by atoms with Gasteiger partial charge in [0.15, 0.2) is 0 Å². The van der Waals surface area contributed by atoms with Crippen molar-refractivity contribution < 1.29 is 9.90 Å². The van der Waals surface area contributed by atoms with Gasteiger partial charge in [0, 0.05) is 5.69 Å². The summed E-state index contributed by atoms with van der Waals surface area (Å²) in [6, 6.07) is 8.95. The number of nitrogens with zero attached hydrogens (tertiary/aromatic N) is 1. The minimum Gasteiger partial charge on any atom is -0.394 e. The van der Waals surface area contributed by atoms with Gasteiger partial charge in [0.25, 0.3) is 5.91 Å². The minimum absolute atomic E-state index is 0.146. The van der Waals surface area contributed by atoms with Crippen molar-refractivity contribution in [3.8, 4) is 0 Å². The van der Waals surface area contributed by atoms with Crippen molar-refractivity contribution in [3.63, 3.8) is 0 Å². The first-order valence-electron chi connectivity index (χ1n) is 5.69. The van der Waals surface area contributed by atoms with Gasteiger partial charge in [-0.2, -0.15) is 5.10 Å². The van der Waals surface area contributed by atoms with Gasteiger partial charge in [-0.1, -0.05) is 30.3 Å². The SMILES string of the molecule is Cc1[nH]ncc1C(=O)N[C@@H](CO)c1ccccc1. The molecule has 0 radical (unpaired) electrons. The second-order valence-electron chi connectivity index (χ2n) is 4.03. The van der Waals surface area contributed by atoms with Crippen LogP contribution in [0.4, 0.5) is 0 Å². The summed E-state index contributed by atoms with van der Waals surface area (Å²) in [7, 11) is 0. The van der Waals surface area contributed by atoms with Crippen molar-refractivity contribution in [1.82, 2.24) is 15.5 Å². The van der Waals surface area contributed by atoms with Crippen LogP contribution in [0.3, 0.4) is 0 Å². The smallest absolute Gasteiger partial charge is 0.255 e. The van der Waals surface area contributed by atoms with Gasteiger partial charge in [-0.05, 0) is 12.5 Å². The maximum atomic E-state index is 12.0. The van der Waals surface area contributed by atoms with Crippen molar-refractivity contribution in [3.05, 3.63) is 53.3 Å². The topological polar surface area (TPSA) is 78.0 Å². The number of hydrogen-bond donors (Lipinski definition) is 3. The molecule has 0 saturated carbocycles. The summed E-state index contributed by atoms with van der Waals surface area (Å²) in [6.07, 6.45) is 1.48. The Hall–Kier alpha value is -2.14. The first-order chi connectivity index (χ1) is 8.72. The molecule has 0 aliphatic carbocycles. The molecule has 1 heterocycles. The number of carbonyl (C=O) groups is 1. The van der Waals surface area contributed by atoms with E-state index in [4.69, 9.17) is 0 Å². The van der Waals surface area contributed by atoms with E-state index < -0.39 is 6.04 Å². The molecule has 3 N–H and O–H groups in total. The number of aromatic amines is 1. The Bertz CT molecular complexity index is 522. The summed E-state index contributed by atoms with van der Waals surface area (Å²) in [5.41, 5.74) is 2.07. The van der Waals surface area contributed by atoms with Crippen molar-refractivity contribution >= 4 is 5.91 Å². The maximum absolute atomic E-state index is 12.0. The summed E-state index contributed by atoms with van der Waals surface area (Å²) in [5, 5.41) is 18.6. The second-order valence-corrected chi connectivity index (χ2v) is 4.03. The largest absolute Gasteiger partial charge is 0.394 e. The van der Waals surface area contributed by atoms with Crippen LogP contribution in [0, 0.1) is 6.92 Å². The van der Waals surface area contributed by atoms with Crippen LogP contribution in [0.1, 0.15) is 27.7 Å². The molecule has 0 unspecified atom stereocenters. The van der Waals surface area contributed by atoms with E-state index in [1.165, 1.54) is 6.20 Å². The maximum Gasteiger partial charge on any atom is 0.255 e. The van der Waals surface area contributed by atoms with Gasteiger partial charge in [0.1, 0.15) is 0 Å². The number of aromatic nitrogens is 2. The molecule has 0 saturated heterocycles. The van der Waals surface area contributed by atoms with Crippen LogP contribution in [-0.4, -0.2) is 27.8 Å². The highest BCUT2D eigenvalue weighted by Crippen LogP contribution is 2.13. The molecule has 0 aliphatic heterocycles. The van der Waals surface area contributed by atoms with E-state index in [0.717, 1.165) is 5.56 Å². The molecule has 1 atom stereocenters. The number of nitrogens with one attached hydrogen (secondary N) is 2. The lowest BCUT2D eigenvalue weighted by Gasteiger charge is -2.16. The second kappa shape index (κ2) is 5.46. The third kappa shape index (κ3) is 2.57. The summed E-state index contributed by atoms with van der Waals surface area (Å²) in [5.74, 6) is -0.246. The van der Waals surface area contributed by atoms with E-state index in [1.54, 1.807) is 6.92 Å². The molecule has 2 rings (SSSR count). The number of aliphatic hydroxyl groups is 1. The summed E-state index contributed by atoms with van der Waals surface area (Å²) in [4.78, 5) is 12.0. The molecule has 5 nitrogen and oxygen atoms in total. The number of aryl methyl sites for hydroxylation is 1. The monoisotopic (exact) mass is 245 g/mol. The molecule has 1 aromatic carbocycles. The van der Waals surface area contributed by atoms with Gasteiger partial charge in [-0.25, -0.2) is 0 Å². The fraction of sp³-hybridized carbons (Fsp3) is 0.231. The molecule has 1 amide bonds. The zero-order valence-corrected chi connectivity index (χ0v) is 10.1. The van der Waals surface area contributed by atoms with Gasteiger partial charge in [-0.3, -0.25) is 9.89 Å². The third-order valence-electron chi connectivity index (χ3n) is 2.76. The Morgan fingerprint density at radius 1 is 1.44 bits per heavy atom. The van der Waals surface area contributed by atoms with Crippen LogP contribution in [-0.2, 0) is 0 Å². The molecule has 18 heavy (non-hydrogen) atoms. The van der Waals surface area contributed by atoms with Crippen LogP contribution in [0.25, 0.3) is 0 Å². The lowest BCUT2D eigenvalue weighted by molar-refractivity contribution is 0.0915. The number of aliphatic hydroxyl groups excluding tert-OH is 1. The normalized spacial score (nSPS) is 12.1. The van der Waals surface area contributed by atoms with Gasteiger partial charge in [0.2, 0.25) is 0 Å². The van der Waals surface area contributed by atoms with Crippen molar-refractivity contribution in [2.24, 2.45) is 0 Å². The molecule has 0 bridgehead atoms. The van der Waals surface area contributed by atoms with E-state index in [9.17, 15) is 9.90 Å². The average molecular weight is 245 g/mol. The Kier molecular flexibility index (Phi) is 3.74. The van der Waals surface area contributed by atoms with Crippen molar-refractivity contribution in [2.45, 2.75) is 13.0 Å². The van der Waals surface area contributed by atoms with Crippen molar-refractivity contribution in [1.29, 1.82) is 0 Å². The highest BCUT2D eigenvalue weighted by Gasteiger charge is 2.16. The Balaban J connectivity index is 2.13. The first kappa shape index (κ1) is 12.3. The number of H-pyrrole nitrogens is 1. The van der Waals surface area contributed by atoms with Crippen LogP contribution in [0.2, 0.25) is 0 Å². The summed E-state index contributed by atoms with van der Waals surface area (Å²) in [6.45, 7) is 1.63. The number of hydrogen-bond acceptors (Lipinski definition) is 3. The summed E-state index contributed by atoms with van der Waals surface area (Å²) < 4.78 is 0. The molecular formula is C13H15N3O2. The predicted octanol–water partition coefficient (Wildman–Crippen LogP) is 1.18. The van der Waals surface area contributed by atoms with Crippen LogP contribution < -0.4 is 5.32 Å². The zero-order chi connectivity index (χ0) is 13.0. The quantitative estimate of drug-likeness (QED) is 0.757. The highest BCUT2D eigenvalue weighted by molar-refractivity contribution is 5.95. The Labute approximate surface area is 105 Å². The van der Waals surface area contributed by atoms with Crippen molar-refractivity contribution in [2.75, 3.05) is 6.61 Å². The molecule has 5 heteroatoms. The van der Waals surface area contributed by atoms with Gasteiger partial charge < -0.3 is 10.4 Å². The molecule has 0 aliphatic rings. The predicted molar refractivity (Wildman–Crippen MR) is 67.1 cm³/mol. The first-order valence-corrected chi connectivity index (χ1v) is 5.69. The van der Waals surface area contributed by atoms with Crippen LogP contribution in [0.15, 0.2) is 36.5 Å². The van der Waals surface area contributed by atoms with E-state index in [0.29, 0.717) is 11.3 Å². The lowest BCUT2D eigenvalue weighted by atomic mass is 10.1.